The van der Waals surface area contributed by atoms with Gasteiger partial charge in [-0.05, 0) is 0 Å². The number of alkyl halides is 1. The summed E-state index contributed by atoms with van der Waals surface area (Å²) in [5.41, 5.74) is 0. The maximum absolute atomic E-state index is 8.37. The summed E-state index contributed by atoms with van der Waals surface area (Å²) >= 11 is 5.57. The van der Waals surface area contributed by atoms with Crippen LogP contribution in [0.25, 0.3) is 0 Å². The zero-order chi connectivity index (χ0) is 8.74. The van der Waals surface area contributed by atoms with Crippen molar-refractivity contribution in [3.8, 4) is 6.07 Å². The lowest BCUT2D eigenvalue weighted by atomic mass is 10.3. The van der Waals surface area contributed by atoms with E-state index in [1.165, 1.54) is 0 Å². The maximum Gasteiger partial charge on any atom is 0.0914 e. The van der Waals surface area contributed by atoms with Crippen molar-refractivity contribution in [2.75, 3.05) is 33.1 Å². The highest BCUT2D eigenvalue weighted by Gasteiger charge is 2.12. The van der Waals surface area contributed by atoms with E-state index < -0.39 is 0 Å². The Kier molecular flexibility index (Phi) is 5.27. The Morgan fingerprint density at radius 3 is 2.45 bits per heavy atom. The molecule has 0 bridgehead atoms. The highest BCUT2D eigenvalue weighted by atomic mass is 35.5. The van der Waals surface area contributed by atoms with Gasteiger partial charge < -0.3 is 4.48 Å². The summed E-state index contributed by atoms with van der Waals surface area (Å²) in [6.07, 6.45) is 1.66. The lowest BCUT2D eigenvalue weighted by molar-refractivity contribution is -0.889. The van der Waals surface area contributed by atoms with E-state index >= 15 is 0 Å². The third kappa shape index (κ3) is 6.15. The van der Waals surface area contributed by atoms with Gasteiger partial charge in [-0.1, -0.05) is 0 Å². The molecule has 0 saturated heterocycles. The van der Waals surface area contributed by atoms with Crippen LogP contribution in [0.15, 0.2) is 0 Å². The Balaban J connectivity index is 3.54. The Hall–Kier alpha value is -0.260. The van der Waals surface area contributed by atoms with Crippen LogP contribution in [-0.2, 0) is 0 Å². The third-order valence-electron chi connectivity index (χ3n) is 1.73. The van der Waals surface area contributed by atoms with E-state index in [-0.39, 0.29) is 0 Å². The van der Waals surface area contributed by atoms with Crippen LogP contribution >= 0.6 is 11.6 Å². The summed E-state index contributed by atoms with van der Waals surface area (Å²) in [6.45, 7) is 1.98. The molecule has 0 radical (unpaired) electrons. The average molecular weight is 176 g/mol. The highest BCUT2D eigenvalue weighted by molar-refractivity contribution is 6.17. The van der Waals surface area contributed by atoms with Gasteiger partial charge in [0.05, 0.1) is 39.7 Å². The van der Waals surface area contributed by atoms with Gasteiger partial charge in [-0.25, -0.2) is 0 Å². The minimum atomic E-state index is 0.634. The molecule has 0 N–H and O–H groups in total. The molecule has 0 aliphatic heterocycles. The fourth-order valence-electron chi connectivity index (χ4n) is 0.952. The Morgan fingerprint density at radius 1 is 1.36 bits per heavy atom. The van der Waals surface area contributed by atoms with E-state index in [1.54, 1.807) is 0 Å². The molecular weight excluding hydrogens is 160 g/mol. The van der Waals surface area contributed by atoms with Gasteiger partial charge in [0.15, 0.2) is 0 Å². The monoisotopic (exact) mass is 175 g/mol. The molecule has 2 nitrogen and oxygen atoms in total. The molecular formula is C8H16ClN2+. The average Bonchev–Trinajstić information content (AvgIpc) is 1.97. The first kappa shape index (κ1) is 10.7. The van der Waals surface area contributed by atoms with E-state index in [1.807, 2.05) is 0 Å². The molecule has 0 aromatic heterocycles. The normalized spacial score (nSPS) is 11.1. The van der Waals surface area contributed by atoms with E-state index in [0.717, 1.165) is 24.0 Å². The molecule has 0 aliphatic rings. The quantitative estimate of drug-likeness (QED) is 0.460. The zero-order valence-corrected chi connectivity index (χ0v) is 8.06. The molecule has 3 heteroatoms. The largest absolute Gasteiger partial charge is 0.328 e. The van der Waals surface area contributed by atoms with Gasteiger partial charge in [0.25, 0.3) is 0 Å². The SMILES string of the molecule is C[N+](C)(CCC#N)CCCCl. The predicted molar refractivity (Wildman–Crippen MR) is 47.4 cm³/mol. The van der Waals surface area contributed by atoms with Crippen molar-refractivity contribution in [3.63, 3.8) is 0 Å². The summed E-state index contributed by atoms with van der Waals surface area (Å²) in [4.78, 5) is 0. The molecule has 0 atom stereocenters. The molecule has 0 rings (SSSR count). The molecule has 0 aliphatic carbocycles. The number of hydrogen-bond acceptors (Lipinski definition) is 1. The number of nitrogens with zero attached hydrogens (tertiary/aromatic N) is 2. The van der Waals surface area contributed by atoms with Crippen molar-refractivity contribution < 1.29 is 4.48 Å². The van der Waals surface area contributed by atoms with Gasteiger partial charge in [-0.15, -0.1) is 11.6 Å². The van der Waals surface area contributed by atoms with Crippen LogP contribution in [0.1, 0.15) is 12.8 Å². The van der Waals surface area contributed by atoms with Crippen LogP contribution in [0.5, 0.6) is 0 Å². The molecule has 0 spiro atoms. The van der Waals surface area contributed by atoms with Crippen LogP contribution in [0.3, 0.4) is 0 Å². The van der Waals surface area contributed by atoms with Gasteiger partial charge in [-0.3, -0.25) is 0 Å². The molecule has 0 saturated carbocycles. The van der Waals surface area contributed by atoms with Gasteiger partial charge in [0.2, 0.25) is 0 Å². The van der Waals surface area contributed by atoms with E-state index in [9.17, 15) is 0 Å². The van der Waals surface area contributed by atoms with Gasteiger partial charge >= 0.3 is 0 Å². The van der Waals surface area contributed by atoms with Crippen molar-refractivity contribution in [1.82, 2.24) is 0 Å². The predicted octanol–water partition coefficient (Wildman–Crippen LogP) is 1.61. The van der Waals surface area contributed by atoms with Crippen LogP contribution in [0.4, 0.5) is 0 Å². The number of quaternary nitrogens is 1. The molecule has 0 amide bonds. The van der Waals surface area contributed by atoms with E-state index in [2.05, 4.69) is 20.2 Å². The molecule has 0 heterocycles. The van der Waals surface area contributed by atoms with Crippen LogP contribution < -0.4 is 0 Å². The first-order valence-corrected chi connectivity index (χ1v) is 4.41. The second-order valence-electron chi connectivity index (χ2n) is 3.33. The van der Waals surface area contributed by atoms with Crippen molar-refractivity contribution in [1.29, 1.82) is 5.26 Å². The summed E-state index contributed by atoms with van der Waals surface area (Å²) in [5, 5.41) is 8.37. The van der Waals surface area contributed by atoms with Crippen LogP contribution in [-0.4, -0.2) is 37.5 Å². The zero-order valence-electron chi connectivity index (χ0n) is 7.31. The Labute approximate surface area is 74.0 Å². The Bertz CT molecular complexity index is 138. The minimum Gasteiger partial charge on any atom is -0.328 e. The summed E-state index contributed by atoms with van der Waals surface area (Å²) < 4.78 is 0.903. The lowest BCUT2D eigenvalue weighted by Gasteiger charge is -2.28. The van der Waals surface area contributed by atoms with Gasteiger partial charge in [0, 0.05) is 12.3 Å². The number of halogens is 1. The summed E-state index contributed by atoms with van der Waals surface area (Å²) in [5.74, 6) is 0.717. The molecule has 0 aromatic rings. The third-order valence-corrected chi connectivity index (χ3v) is 1.99. The number of rotatable bonds is 5. The first-order chi connectivity index (χ1) is 5.12. The van der Waals surface area contributed by atoms with Gasteiger partial charge in [-0.2, -0.15) is 5.26 Å². The number of nitriles is 1. The molecule has 0 unspecified atom stereocenters. The maximum atomic E-state index is 8.37. The van der Waals surface area contributed by atoms with Crippen molar-refractivity contribution in [2.45, 2.75) is 12.8 Å². The second-order valence-corrected chi connectivity index (χ2v) is 3.71. The smallest absolute Gasteiger partial charge is 0.0914 e. The Morgan fingerprint density at radius 2 is 2.00 bits per heavy atom. The lowest BCUT2D eigenvalue weighted by Crippen LogP contribution is -2.41. The standard InChI is InChI=1S/C8H16ClN2/c1-11(2,7-3-5-9)8-4-6-10/h3-5,7-8H2,1-2H3/q+1. The molecule has 11 heavy (non-hydrogen) atoms. The first-order valence-electron chi connectivity index (χ1n) is 3.87. The van der Waals surface area contributed by atoms with E-state index in [0.29, 0.717) is 12.3 Å². The van der Waals surface area contributed by atoms with Crippen molar-refractivity contribution in [2.24, 2.45) is 0 Å². The van der Waals surface area contributed by atoms with Crippen LogP contribution in [0, 0.1) is 11.3 Å². The molecule has 0 fully saturated rings. The van der Waals surface area contributed by atoms with Gasteiger partial charge in [0.1, 0.15) is 0 Å². The number of hydrogen-bond donors (Lipinski definition) is 0. The molecule has 64 valence electrons. The fourth-order valence-corrected chi connectivity index (χ4v) is 1.07. The van der Waals surface area contributed by atoms with Crippen molar-refractivity contribution in [3.05, 3.63) is 0 Å². The summed E-state index contributed by atoms with van der Waals surface area (Å²) in [6, 6.07) is 2.15. The minimum absolute atomic E-state index is 0.634. The second kappa shape index (κ2) is 5.40. The topological polar surface area (TPSA) is 23.8 Å². The highest BCUT2D eigenvalue weighted by Crippen LogP contribution is 2.01. The molecule has 0 aromatic carbocycles. The fraction of sp³-hybridized carbons (Fsp3) is 0.875. The van der Waals surface area contributed by atoms with Crippen LogP contribution in [0.2, 0.25) is 0 Å². The van der Waals surface area contributed by atoms with Crippen molar-refractivity contribution >= 4 is 11.6 Å². The summed E-state index contributed by atoms with van der Waals surface area (Å²) in [7, 11) is 4.26. The van der Waals surface area contributed by atoms with E-state index in [4.69, 9.17) is 16.9 Å².